The Labute approximate surface area is 123 Å². The van der Waals surface area contributed by atoms with Gasteiger partial charge in [0.2, 0.25) is 0 Å². The van der Waals surface area contributed by atoms with Crippen LogP contribution in [0.25, 0.3) is 10.9 Å². The molecule has 2 heterocycles. The Morgan fingerprint density at radius 1 is 1.45 bits per heavy atom. The van der Waals surface area contributed by atoms with Gasteiger partial charge in [-0.2, -0.15) is 0 Å². The molecule has 5 nitrogen and oxygen atoms in total. The molecule has 0 amide bonds. The second-order valence-corrected chi connectivity index (χ2v) is 5.92. The number of rotatable bonds is 4. The number of halogens is 1. The number of aromatic amines is 1. The Hall–Kier alpha value is -2.05. The summed E-state index contributed by atoms with van der Waals surface area (Å²) in [7, 11) is 0. The number of aromatic carboxylic acids is 1. The highest BCUT2D eigenvalue weighted by Gasteiger charge is 2.07. The van der Waals surface area contributed by atoms with Crippen LogP contribution in [-0.4, -0.2) is 21.0 Å². The van der Waals surface area contributed by atoms with Crippen LogP contribution in [0.1, 0.15) is 15.4 Å². The summed E-state index contributed by atoms with van der Waals surface area (Å²) in [6.07, 6.45) is 1.73. The molecule has 2 aromatic heterocycles. The van der Waals surface area contributed by atoms with Gasteiger partial charge in [-0.3, -0.25) is 0 Å². The number of carboxylic acids is 1. The maximum Gasteiger partial charge on any atom is 0.352 e. The van der Waals surface area contributed by atoms with Crippen LogP contribution in [0.3, 0.4) is 0 Å². The van der Waals surface area contributed by atoms with Crippen molar-refractivity contribution in [2.45, 2.75) is 6.54 Å². The zero-order valence-electron chi connectivity index (χ0n) is 10.2. The van der Waals surface area contributed by atoms with E-state index in [4.69, 9.17) is 16.7 Å². The highest BCUT2D eigenvalue weighted by molar-refractivity contribution is 7.15. The van der Waals surface area contributed by atoms with E-state index in [2.05, 4.69) is 15.3 Å². The Bertz CT molecular complexity index is 781. The van der Waals surface area contributed by atoms with Gasteiger partial charge in [0, 0.05) is 27.7 Å². The van der Waals surface area contributed by atoms with E-state index in [1.165, 1.54) is 11.3 Å². The number of benzene rings is 1. The number of fused-ring (bicyclic) bond motifs is 1. The summed E-state index contributed by atoms with van der Waals surface area (Å²) < 4.78 is 0.522. The summed E-state index contributed by atoms with van der Waals surface area (Å²) in [6.45, 7) is 0.631. The van der Waals surface area contributed by atoms with Crippen LogP contribution in [0.15, 0.2) is 30.5 Å². The average molecular weight is 308 g/mol. The molecule has 0 saturated heterocycles. The maximum absolute atomic E-state index is 10.9. The molecule has 3 aromatic rings. The zero-order chi connectivity index (χ0) is 14.1. The molecule has 0 aliphatic heterocycles. The van der Waals surface area contributed by atoms with Gasteiger partial charge in [0.1, 0.15) is 5.69 Å². The Balaban J connectivity index is 1.80. The van der Waals surface area contributed by atoms with E-state index in [1.54, 1.807) is 12.3 Å². The predicted molar refractivity (Wildman–Crippen MR) is 79.7 cm³/mol. The quantitative estimate of drug-likeness (QED) is 0.688. The second-order valence-electron chi connectivity index (χ2n) is 4.22. The second kappa shape index (κ2) is 5.15. The van der Waals surface area contributed by atoms with Gasteiger partial charge in [0.05, 0.1) is 6.54 Å². The number of hydrogen-bond acceptors (Lipinski definition) is 4. The Kier molecular flexibility index (Phi) is 3.33. The molecule has 102 valence electrons. The fraction of sp³-hybridized carbons (Fsp3) is 0.0769. The number of hydrogen-bond donors (Lipinski definition) is 3. The first-order chi connectivity index (χ1) is 9.61. The first kappa shape index (κ1) is 13.0. The number of anilines is 1. The van der Waals surface area contributed by atoms with Gasteiger partial charge in [-0.05, 0) is 24.3 Å². The normalized spacial score (nSPS) is 10.8. The standard InChI is InChI=1S/C13H10ClN3O2S/c14-13-16-6-9(20-13)5-15-8-1-2-10-7(3-8)4-11(17-10)12(18)19/h1-4,6,15,17H,5H2,(H,18,19). The number of carboxylic acid groups (broad SMARTS) is 1. The third kappa shape index (κ3) is 2.61. The van der Waals surface area contributed by atoms with Crippen molar-refractivity contribution in [1.29, 1.82) is 0 Å². The van der Waals surface area contributed by atoms with E-state index in [1.807, 2.05) is 18.2 Å². The molecular weight excluding hydrogens is 298 g/mol. The van der Waals surface area contributed by atoms with Crippen LogP contribution in [0.4, 0.5) is 5.69 Å². The lowest BCUT2D eigenvalue weighted by molar-refractivity contribution is 0.0691. The summed E-state index contributed by atoms with van der Waals surface area (Å²) in [5.74, 6) is -0.963. The molecular formula is C13H10ClN3O2S. The third-order valence-corrected chi connectivity index (χ3v) is 3.96. The van der Waals surface area contributed by atoms with E-state index in [0.717, 1.165) is 21.5 Å². The van der Waals surface area contributed by atoms with Gasteiger partial charge in [0.15, 0.2) is 4.47 Å². The molecule has 3 N–H and O–H groups in total. The van der Waals surface area contributed by atoms with E-state index in [9.17, 15) is 4.79 Å². The summed E-state index contributed by atoms with van der Waals surface area (Å²) in [5.41, 5.74) is 1.90. The lowest BCUT2D eigenvalue weighted by atomic mass is 10.2. The number of H-pyrrole nitrogens is 1. The predicted octanol–water partition coefficient (Wildman–Crippen LogP) is 3.59. The monoisotopic (exact) mass is 307 g/mol. The molecule has 0 radical (unpaired) electrons. The molecule has 0 atom stereocenters. The number of carbonyl (C=O) groups is 1. The van der Waals surface area contributed by atoms with Gasteiger partial charge in [-0.1, -0.05) is 11.6 Å². The first-order valence-electron chi connectivity index (χ1n) is 5.82. The summed E-state index contributed by atoms with van der Waals surface area (Å²) in [4.78, 5) is 18.8. The van der Waals surface area contributed by atoms with Gasteiger partial charge in [-0.25, -0.2) is 9.78 Å². The smallest absolute Gasteiger partial charge is 0.352 e. The highest BCUT2D eigenvalue weighted by atomic mass is 35.5. The van der Waals surface area contributed by atoms with Crippen molar-refractivity contribution >= 4 is 45.5 Å². The van der Waals surface area contributed by atoms with Crippen LogP contribution in [0.5, 0.6) is 0 Å². The lowest BCUT2D eigenvalue weighted by Crippen LogP contribution is -1.96. The summed E-state index contributed by atoms with van der Waals surface area (Å²) >= 11 is 7.20. The SMILES string of the molecule is O=C(O)c1cc2cc(NCc3cnc(Cl)s3)ccc2[nH]1. The van der Waals surface area contributed by atoms with Crippen molar-refractivity contribution in [2.24, 2.45) is 0 Å². The van der Waals surface area contributed by atoms with Crippen molar-refractivity contribution in [1.82, 2.24) is 9.97 Å². The van der Waals surface area contributed by atoms with Crippen molar-refractivity contribution in [3.8, 4) is 0 Å². The number of aromatic nitrogens is 2. The third-order valence-electron chi connectivity index (χ3n) is 2.84. The molecule has 7 heteroatoms. The molecule has 0 aliphatic rings. The van der Waals surface area contributed by atoms with E-state index < -0.39 is 5.97 Å². The van der Waals surface area contributed by atoms with Crippen molar-refractivity contribution < 1.29 is 9.90 Å². The number of nitrogens with zero attached hydrogens (tertiary/aromatic N) is 1. The number of nitrogens with one attached hydrogen (secondary N) is 2. The molecule has 20 heavy (non-hydrogen) atoms. The van der Waals surface area contributed by atoms with E-state index in [-0.39, 0.29) is 5.69 Å². The molecule has 3 rings (SSSR count). The molecule has 0 unspecified atom stereocenters. The minimum atomic E-state index is -0.963. The minimum Gasteiger partial charge on any atom is -0.477 e. The van der Waals surface area contributed by atoms with Crippen LogP contribution in [0, 0.1) is 0 Å². The molecule has 0 fully saturated rings. The van der Waals surface area contributed by atoms with Crippen molar-refractivity contribution in [3.05, 3.63) is 45.5 Å². The Morgan fingerprint density at radius 3 is 3.00 bits per heavy atom. The van der Waals surface area contributed by atoms with Crippen molar-refractivity contribution in [2.75, 3.05) is 5.32 Å². The maximum atomic E-state index is 10.9. The fourth-order valence-electron chi connectivity index (χ4n) is 1.91. The lowest BCUT2D eigenvalue weighted by Gasteiger charge is -2.04. The van der Waals surface area contributed by atoms with Gasteiger partial charge < -0.3 is 15.4 Å². The summed E-state index contributed by atoms with van der Waals surface area (Å²) in [5, 5.41) is 13.1. The van der Waals surface area contributed by atoms with Crippen LogP contribution in [0.2, 0.25) is 4.47 Å². The zero-order valence-corrected chi connectivity index (χ0v) is 11.8. The van der Waals surface area contributed by atoms with Crippen LogP contribution in [-0.2, 0) is 6.54 Å². The number of thiazole rings is 1. The molecule has 0 bridgehead atoms. The topological polar surface area (TPSA) is 78.0 Å². The first-order valence-corrected chi connectivity index (χ1v) is 7.01. The molecule has 0 saturated carbocycles. The van der Waals surface area contributed by atoms with Crippen LogP contribution < -0.4 is 5.32 Å². The minimum absolute atomic E-state index is 0.186. The van der Waals surface area contributed by atoms with E-state index >= 15 is 0 Å². The molecule has 0 aliphatic carbocycles. The van der Waals surface area contributed by atoms with Gasteiger partial charge in [-0.15, -0.1) is 11.3 Å². The summed E-state index contributed by atoms with van der Waals surface area (Å²) in [6, 6.07) is 7.27. The van der Waals surface area contributed by atoms with E-state index in [0.29, 0.717) is 11.0 Å². The molecule has 0 spiro atoms. The highest BCUT2D eigenvalue weighted by Crippen LogP contribution is 2.22. The fourth-order valence-corrected chi connectivity index (χ4v) is 2.83. The van der Waals surface area contributed by atoms with Gasteiger partial charge in [0.25, 0.3) is 0 Å². The molecule has 1 aromatic carbocycles. The Morgan fingerprint density at radius 2 is 2.30 bits per heavy atom. The van der Waals surface area contributed by atoms with Crippen LogP contribution >= 0.6 is 22.9 Å². The average Bonchev–Trinajstić information content (AvgIpc) is 3.01. The van der Waals surface area contributed by atoms with Gasteiger partial charge >= 0.3 is 5.97 Å². The van der Waals surface area contributed by atoms with Crippen molar-refractivity contribution in [3.63, 3.8) is 0 Å². The largest absolute Gasteiger partial charge is 0.477 e.